The van der Waals surface area contributed by atoms with Crippen molar-refractivity contribution in [2.45, 2.75) is 13.8 Å². The van der Waals surface area contributed by atoms with Gasteiger partial charge < -0.3 is 14.0 Å². The molecule has 0 N–H and O–H groups in total. The molecule has 5 nitrogen and oxygen atoms in total. The van der Waals surface area contributed by atoms with Crippen molar-refractivity contribution in [1.82, 2.24) is 4.57 Å². The van der Waals surface area contributed by atoms with Gasteiger partial charge in [0.1, 0.15) is 5.82 Å². The fourth-order valence-corrected chi connectivity index (χ4v) is 3.14. The fourth-order valence-electron chi connectivity index (χ4n) is 3.14. The van der Waals surface area contributed by atoms with Gasteiger partial charge in [0, 0.05) is 28.7 Å². The molecule has 0 saturated carbocycles. The number of nitrogens with zero attached hydrogens (tertiary/aromatic N) is 2. The molecule has 1 heterocycles. The molecule has 1 aromatic heterocycles. The summed E-state index contributed by atoms with van der Waals surface area (Å²) < 4.78 is 26.2. The molecule has 0 aliphatic rings. The highest BCUT2D eigenvalue weighted by Crippen LogP contribution is 2.28. The van der Waals surface area contributed by atoms with Crippen LogP contribution in [0.5, 0.6) is 11.5 Å². The number of aromatic nitrogens is 1. The maximum atomic E-state index is 13.6. The summed E-state index contributed by atoms with van der Waals surface area (Å²) in [6, 6.07) is 14.8. The number of carbonyl (C=O) groups excluding carboxylic acids is 1. The molecule has 0 radical (unpaired) electrons. The lowest BCUT2D eigenvalue weighted by molar-refractivity contribution is 0.0919. The van der Waals surface area contributed by atoms with Crippen molar-refractivity contribution in [2.75, 3.05) is 13.7 Å². The smallest absolute Gasteiger partial charge is 0.202 e. The Morgan fingerprint density at radius 3 is 2.61 bits per heavy atom. The Kier molecular flexibility index (Phi) is 5.46. The van der Waals surface area contributed by atoms with Gasteiger partial charge >= 0.3 is 0 Å². The standard InChI is InChI=1S/C22H19FN2O3/c1-14-9-19(15(2)25(14)18-6-4-5-17(23)11-18)20(26)13-28-21-8-7-16(12-24)10-22(21)27-3/h4-11H,13H2,1-3H3. The van der Waals surface area contributed by atoms with Gasteiger partial charge in [-0.25, -0.2) is 4.39 Å². The van der Waals surface area contributed by atoms with Gasteiger partial charge in [-0.2, -0.15) is 5.26 Å². The molecule has 0 aliphatic carbocycles. The van der Waals surface area contributed by atoms with Gasteiger partial charge in [0.2, 0.25) is 5.78 Å². The summed E-state index contributed by atoms with van der Waals surface area (Å²) in [4.78, 5) is 12.7. The second-order valence-corrected chi connectivity index (χ2v) is 6.29. The average molecular weight is 378 g/mol. The number of halogens is 1. The van der Waals surface area contributed by atoms with E-state index in [1.165, 1.54) is 19.2 Å². The highest BCUT2D eigenvalue weighted by Gasteiger charge is 2.18. The van der Waals surface area contributed by atoms with Crippen LogP contribution in [0.4, 0.5) is 4.39 Å². The predicted molar refractivity (Wildman–Crippen MR) is 103 cm³/mol. The topological polar surface area (TPSA) is 64.2 Å². The largest absolute Gasteiger partial charge is 0.493 e. The van der Waals surface area contributed by atoms with Crippen LogP contribution < -0.4 is 9.47 Å². The van der Waals surface area contributed by atoms with Crippen LogP contribution in [0.15, 0.2) is 48.5 Å². The van der Waals surface area contributed by atoms with E-state index >= 15 is 0 Å². The van der Waals surface area contributed by atoms with E-state index in [-0.39, 0.29) is 18.2 Å². The molecule has 0 fully saturated rings. The summed E-state index contributed by atoms with van der Waals surface area (Å²) in [5.41, 5.74) is 3.14. The van der Waals surface area contributed by atoms with E-state index in [0.717, 1.165) is 5.69 Å². The Morgan fingerprint density at radius 1 is 1.14 bits per heavy atom. The van der Waals surface area contributed by atoms with Crippen molar-refractivity contribution in [3.8, 4) is 23.3 Å². The van der Waals surface area contributed by atoms with Crippen molar-refractivity contribution >= 4 is 5.78 Å². The molecule has 0 saturated heterocycles. The monoisotopic (exact) mass is 378 g/mol. The molecule has 0 bridgehead atoms. The maximum Gasteiger partial charge on any atom is 0.202 e. The summed E-state index contributed by atoms with van der Waals surface area (Å²) in [6.45, 7) is 3.49. The van der Waals surface area contributed by atoms with Crippen molar-refractivity contribution < 1.29 is 18.7 Å². The molecular weight excluding hydrogens is 359 g/mol. The van der Waals surface area contributed by atoms with Crippen LogP contribution in [0.1, 0.15) is 27.3 Å². The average Bonchev–Trinajstić information content (AvgIpc) is 3.00. The Balaban J connectivity index is 1.83. The number of methoxy groups -OCH3 is 1. The minimum Gasteiger partial charge on any atom is -0.493 e. The second kappa shape index (κ2) is 7.97. The van der Waals surface area contributed by atoms with Crippen LogP contribution in [-0.4, -0.2) is 24.1 Å². The fraction of sp³-hybridized carbons (Fsp3) is 0.182. The normalized spacial score (nSPS) is 10.4. The Hall–Kier alpha value is -3.59. The zero-order chi connectivity index (χ0) is 20.3. The zero-order valence-electron chi connectivity index (χ0n) is 15.8. The molecule has 0 amide bonds. The molecule has 3 rings (SSSR count). The first-order chi connectivity index (χ1) is 13.4. The number of benzene rings is 2. The molecule has 0 atom stereocenters. The molecule has 0 unspecified atom stereocenters. The number of nitriles is 1. The molecule has 0 aliphatic heterocycles. The van der Waals surface area contributed by atoms with Crippen LogP contribution in [0.25, 0.3) is 5.69 Å². The van der Waals surface area contributed by atoms with E-state index in [1.54, 1.807) is 36.4 Å². The molecule has 142 valence electrons. The molecule has 6 heteroatoms. The van der Waals surface area contributed by atoms with Gasteiger partial charge in [-0.3, -0.25) is 4.79 Å². The summed E-state index contributed by atoms with van der Waals surface area (Å²) >= 11 is 0. The number of Topliss-reactive ketones (excluding diaryl/α,β-unsaturated/α-hetero) is 1. The lowest BCUT2D eigenvalue weighted by Crippen LogP contribution is -2.13. The molecule has 3 aromatic rings. The molecular formula is C22H19FN2O3. The molecule has 2 aromatic carbocycles. The third-order valence-electron chi connectivity index (χ3n) is 4.45. The Morgan fingerprint density at radius 2 is 1.93 bits per heavy atom. The minimum absolute atomic E-state index is 0.185. The zero-order valence-corrected chi connectivity index (χ0v) is 15.8. The third-order valence-corrected chi connectivity index (χ3v) is 4.45. The van der Waals surface area contributed by atoms with Gasteiger partial charge in [0.15, 0.2) is 18.1 Å². The van der Waals surface area contributed by atoms with Gasteiger partial charge in [-0.1, -0.05) is 6.07 Å². The van der Waals surface area contributed by atoms with Crippen molar-refractivity contribution in [2.24, 2.45) is 0 Å². The number of rotatable bonds is 6. The van der Waals surface area contributed by atoms with E-state index in [0.29, 0.717) is 34.0 Å². The lowest BCUT2D eigenvalue weighted by Gasteiger charge is -2.11. The summed E-state index contributed by atoms with van der Waals surface area (Å²) in [7, 11) is 1.47. The van der Waals surface area contributed by atoms with E-state index in [4.69, 9.17) is 14.7 Å². The summed E-state index contributed by atoms with van der Waals surface area (Å²) in [5, 5.41) is 8.96. The SMILES string of the molecule is COc1cc(C#N)ccc1OCC(=O)c1cc(C)n(-c2cccc(F)c2)c1C. The van der Waals surface area contributed by atoms with Crippen LogP contribution in [0.3, 0.4) is 0 Å². The van der Waals surface area contributed by atoms with Crippen LogP contribution >= 0.6 is 0 Å². The summed E-state index contributed by atoms with van der Waals surface area (Å²) in [5.74, 6) is 0.224. The van der Waals surface area contributed by atoms with Gasteiger partial charge in [0.25, 0.3) is 0 Å². The first-order valence-corrected chi connectivity index (χ1v) is 8.63. The molecule has 28 heavy (non-hydrogen) atoms. The van der Waals surface area contributed by atoms with Crippen LogP contribution in [0.2, 0.25) is 0 Å². The lowest BCUT2D eigenvalue weighted by atomic mass is 10.1. The number of hydrogen-bond acceptors (Lipinski definition) is 4. The van der Waals surface area contributed by atoms with Crippen molar-refractivity contribution in [1.29, 1.82) is 5.26 Å². The highest BCUT2D eigenvalue weighted by molar-refractivity contribution is 5.98. The first-order valence-electron chi connectivity index (χ1n) is 8.63. The number of ether oxygens (including phenoxy) is 2. The van der Waals surface area contributed by atoms with Crippen LogP contribution in [0, 0.1) is 31.0 Å². The predicted octanol–water partition coefficient (Wildman–Crippen LogP) is 4.38. The van der Waals surface area contributed by atoms with E-state index in [2.05, 4.69) is 0 Å². The van der Waals surface area contributed by atoms with Gasteiger partial charge in [-0.15, -0.1) is 0 Å². The Bertz CT molecular complexity index is 1080. The number of hydrogen-bond donors (Lipinski definition) is 0. The number of ketones is 1. The van der Waals surface area contributed by atoms with E-state index in [1.807, 2.05) is 24.5 Å². The summed E-state index contributed by atoms with van der Waals surface area (Å²) in [6.07, 6.45) is 0. The quantitative estimate of drug-likeness (QED) is 0.597. The van der Waals surface area contributed by atoms with E-state index in [9.17, 15) is 9.18 Å². The second-order valence-electron chi connectivity index (χ2n) is 6.29. The Labute approximate surface area is 162 Å². The number of aryl methyl sites for hydroxylation is 1. The maximum absolute atomic E-state index is 13.6. The van der Waals surface area contributed by atoms with Crippen LogP contribution in [-0.2, 0) is 0 Å². The van der Waals surface area contributed by atoms with Gasteiger partial charge in [0.05, 0.1) is 18.7 Å². The highest BCUT2D eigenvalue weighted by atomic mass is 19.1. The van der Waals surface area contributed by atoms with E-state index < -0.39 is 0 Å². The minimum atomic E-state index is -0.339. The first kappa shape index (κ1) is 19.2. The van der Waals surface area contributed by atoms with Crippen molar-refractivity contribution in [3.63, 3.8) is 0 Å². The number of carbonyl (C=O) groups is 1. The third kappa shape index (κ3) is 3.74. The molecule has 0 spiro atoms. The van der Waals surface area contributed by atoms with Gasteiger partial charge in [-0.05, 0) is 50.2 Å². The van der Waals surface area contributed by atoms with Crippen molar-refractivity contribution in [3.05, 3.63) is 76.9 Å².